The Morgan fingerprint density at radius 2 is 1.74 bits per heavy atom. The van der Waals surface area contributed by atoms with E-state index in [1.807, 2.05) is 32.0 Å². The summed E-state index contributed by atoms with van der Waals surface area (Å²) in [6.07, 6.45) is 0.663. The lowest BCUT2D eigenvalue weighted by Crippen LogP contribution is -2.47. The highest BCUT2D eigenvalue weighted by molar-refractivity contribution is 6.04. The first-order chi connectivity index (χ1) is 14.9. The first-order valence-electron chi connectivity index (χ1n) is 10.8. The maximum absolute atomic E-state index is 13.0. The van der Waals surface area contributed by atoms with Crippen LogP contribution in [0.15, 0.2) is 18.2 Å². The van der Waals surface area contributed by atoms with Crippen LogP contribution in [0.2, 0.25) is 0 Å². The van der Waals surface area contributed by atoms with E-state index in [0.29, 0.717) is 24.2 Å². The maximum atomic E-state index is 13.0. The second kappa shape index (κ2) is 10.1. The molecule has 0 spiro atoms. The predicted octanol–water partition coefficient (Wildman–Crippen LogP) is 3.11. The third-order valence-electron chi connectivity index (χ3n) is 5.99. The van der Waals surface area contributed by atoms with Crippen LogP contribution in [0.5, 0.6) is 11.5 Å². The molecule has 1 aromatic heterocycles. The second-order valence-corrected chi connectivity index (χ2v) is 8.04. The van der Waals surface area contributed by atoms with E-state index in [1.54, 1.807) is 21.1 Å². The molecule has 31 heavy (non-hydrogen) atoms. The normalized spacial score (nSPS) is 15.1. The van der Waals surface area contributed by atoms with Gasteiger partial charge in [-0.05, 0) is 44.0 Å². The highest BCUT2D eigenvalue weighted by Crippen LogP contribution is 2.26. The Morgan fingerprint density at radius 3 is 2.32 bits per heavy atom. The first kappa shape index (κ1) is 23.0. The molecule has 1 aliphatic heterocycles. The fourth-order valence-electron chi connectivity index (χ4n) is 4.38. The van der Waals surface area contributed by atoms with E-state index in [0.717, 1.165) is 61.0 Å². The summed E-state index contributed by atoms with van der Waals surface area (Å²) in [7, 11) is 3.34. The number of benzene rings is 1. The van der Waals surface area contributed by atoms with Crippen LogP contribution < -0.4 is 9.47 Å². The molecule has 0 radical (unpaired) electrons. The number of carbonyl (C=O) groups is 2. The fourth-order valence-corrected chi connectivity index (χ4v) is 4.38. The van der Waals surface area contributed by atoms with Crippen LogP contribution in [0.3, 0.4) is 0 Å². The Morgan fingerprint density at radius 1 is 1.06 bits per heavy atom. The number of rotatable bonds is 9. The molecule has 0 aliphatic carbocycles. The average Bonchev–Trinajstić information content (AvgIpc) is 3.11. The number of hydrogen-bond donors (Lipinski definition) is 1. The molecule has 0 saturated carbocycles. The van der Waals surface area contributed by atoms with E-state index in [1.165, 1.54) is 0 Å². The number of aromatic nitrogens is 1. The minimum Gasteiger partial charge on any atom is -0.497 e. The minimum absolute atomic E-state index is 0.00577. The van der Waals surface area contributed by atoms with Gasteiger partial charge in [0.2, 0.25) is 0 Å². The Balaban J connectivity index is 1.60. The van der Waals surface area contributed by atoms with Gasteiger partial charge in [0.05, 0.1) is 26.5 Å². The van der Waals surface area contributed by atoms with Crippen LogP contribution in [0.25, 0.3) is 0 Å². The number of aromatic amines is 1. The molecule has 2 aromatic rings. The number of ether oxygens (including phenoxy) is 2. The van der Waals surface area contributed by atoms with Crippen molar-refractivity contribution in [3.8, 4) is 11.5 Å². The van der Waals surface area contributed by atoms with Crippen molar-refractivity contribution in [3.63, 3.8) is 0 Å². The van der Waals surface area contributed by atoms with Crippen LogP contribution >= 0.6 is 0 Å². The summed E-state index contributed by atoms with van der Waals surface area (Å²) in [5.74, 6) is 1.73. The smallest absolute Gasteiger partial charge is 0.193 e. The third kappa shape index (κ3) is 5.17. The molecular weight excluding hydrogens is 394 g/mol. The molecule has 1 aliphatic rings. The highest BCUT2D eigenvalue weighted by Gasteiger charge is 2.25. The lowest BCUT2D eigenvalue weighted by molar-refractivity contribution is 0.0838. The SMILES string of the molecule is CCc1c(C(=O)CN2CCN(Cc3cc(OC)ccc3OC)CC2)[nH]c(C)c1C(C)=O. The Bertz CT molecular complexity index is 943. The highest BCUT2D eigenvalue weighted by atomic mass is 16.5. The van der Waals surface area contributed by atoms with E-state index in [-0.39, 0.29) is 11.6 Å². The number of aryl methyl sites for hydroxylation is 1. The summed E-state index contributed by atoms with van der Waals surface area (Å²) in [6, 6.07) is 5.85. The summed E-state index contributed by atoms with van der Waals surface area (Å²) < 4.78 is 10.8. The topological polar surface area (TPSA) is 74.9 Å². The zero-order valence-electron chi connectivity index (χ0n) is 19.2. The van der Waals surface area contributed by atoms with Crippen LogP contribution in [0, 0.1) is 6.92 Å². The number of ketones is 2. The van der Waals surface area contributed by atoms with Gasteiger partial charge in [0.15, 0.2) is 11.6 Å². The van der Waals surface area contributed by atoms with Gasteiger partial charge >= 0.3 is 0 Å². The van der Waals surface area contributed by atoms with Crippen LogP contribution in [-0.2, 0) is 13.0 Å². The number of methoxy groups -OCH3 is 2. The summed E-state index contributed by atoms with van der Waals surface area (Å²) in [4.78, 5) is 32.7. The van der Waals surface area contributed by atoms with Crippen molar-refractivity contribution in [1.82, 2.24) is 14.8 Å². The number of hydrogen-bond acceptors (Lipinski definition) is 6. The van der Waals surface area contributed by atoms with Gasteiger partial charge in [0, 0.05) is 49.5 Å². The molecule has 7 heteroatoms. The minimum atomic E-state index is 0.00577. The summed E-state index contributed by atoms with van der Waals surface area (Å²) in [5.41, 5.74) is 3.98. The number of Topliss-reactive ketones (excluding diaryl/α,β-unsaturated/α-hetero) is 2. The third-order valence-corrected chi connectivity index (χ3v) is 5.99. The quantitative estimate of drug-likeness (QED) is 0.620. The molecule has 1 aromatic carbocycles. The van der Waals surface area contributed by atoms with E-state index in [2.05, 4.69) is 14.8 Å². The molecule has 0 atom stereocenters. The van der Waals surface area contributed by atoms with Gasteiger partial charge in [-0.2, -0.15) is 0 Å². The van der Waals surface area contributed by atoms with Gasteiger partial charge in [-0.1, -0.05) is 6.92 Å². The average molecular weight is 428 g/mol. The Labute approximate surface area is 184 Å². The predicted molar refractivity (Wildman–Crippen MR) is 121 cm³/mol. The van der Waals surface area contributed by atoms with E-state index in [9.17, 15) is 9.59 Å². The van der Waals surface area contributed by atoms with Gasteiger partial charge in [-0.3, -0.25) is 19.4 Å². The van der Waals surface area contributed by atoms with Gasteiger partial charge in [-0.25, -0.2) is 0 Å². The van der Waals surface area contributed by atoms with E-state index in [4.69, 9.17) is 9.47 Å². The van der Waals surface area contributed by atoms with Crippen molar-refractivity contribution in [2.24, 2.45) is 0 Å². The zero-order valence-corrected chi connectivity index (χ0v) is 19.2. The first-order valence-corrected chi connectivity index (χ1v) is 10.8. The van der Waals surface area contributed by atoms with Crippen molar-refractivity contribution < 1.29 is 19.1 Å². The molecule has 1 saturated heterocycles. The van der Waals surface area contributed by atoms with Crippen molar-refractivity contribution in [3.05, 3.63) is 46.3 Å². The molecule has 0 unspecified atom stereocenters. The Hall–Kier alpha value is -2.64. The number of nitrogens with one attached hydrogen (secondary N) is 1. The molecule has 0 amide bonds. The summed E-state index contributed by atoms with van der Waals surface area (Å²) in [6.45, 7) is 9.92. The van der Waals surface area contributed by atoms with Crippen molar-refractivity contribution in [1.29, 1.82) is 0 Å². The van der Waals surface area contributed by atoms with Crippen LogP contribution in [-0.4, -0.2) is 73.3 Å². The van der Waals surface area contributed by atoms with Gasteiger partial charge in [-0.15, -0.1) is 0 Å². The number of nitrogens with zero attached hydrogens (tertiary/aromatic N) is 2. The lowest BCUT2D eigenvalue weighted by Gasteiger charge is -2.34. The largest absolute Gasteiger partial charge is 0.497 e. The molecule has 3 rings (SSSR count). The van der Waals surface area contributed by atoms with Gasteiger partial charge < -0.3 is 14.5 Å². The second-order valence-electron chi connectivity index (χ2n) is 8.04. The zero-order chi connectivity index (χ0) is 22.5. The Kier molecular flexibility index (Phi) is 7.51. The van der Waals surface area contributed by atoms with Gasteiger partial charge in [0.25, 0.3) is 0 Å². The molecule has 0 bridgehead atoms. The van der Waals surface area contributed by atoms with Crippen LogP contribution in [0.4, 0.5) is 0 Å². The van der Waals surface area contributed by atoms with E-state index < -0.39 is 0 Å². The maximum Gasteiger partial charge on any atom is 0.193 e. The molecule has 168 valence electrons. The monoisotopic (exact) mass is 427 g/mol. The molecule has 2 heterocycles. The molecular formula is C24H33N3O4. The van der Waals surface area contributed by atoms with Crippen molar-refractivity contribution >= 4 is 11.6 Å². The van der Waals surface area contributed by atoms with Crippen molar-refractivity contribution in [2.75, 3.05) is 46.9 Å². The summed E-state index contributed by atoms with van der Waals surface area (Å²) >= 11 is 0. The summed E-state index contributed by atoms with van der Waals surface area (Å²) in [5, 5.41) is 0. The lowest BCUT2D eigenvalue weighted by atomic mass is 10.0. The molecule has 1 fully saturated rings. The molecule has 7 nitrogen and oxygen atoms in total. The van der Waals surface area contributed by atoms with E-state index >= 15 is 0 Å². The van der Waals surface area contributed by atoms with Crippen LogP contribution in [0.1, 0.15) is 51.5 Å². The van der Waals surface area contributed by atoms with Crippen molar-refractivity contribution in [2.45, 2.75) is 33.7 Å². The number of carbonyl (C=O) groups excluding carboxylic acids is 2. The standard InChI is InChI=1S/C24H33N3O4/c1-6-20-23(17(3)28)16(2)25-24(20)21(29)15-27-11-9-26(10-12-27)14-18-13-19(30-4)7-8-22(18)31-5/h7-8,13,25H,6,9-12,14-15H2,1-5H3. The fraction of sp³-hybridized carbons (Fsp3) is 0.500. The van der Waals surface area contributed by atoms with Gasteiger partial charge in [0.1, 0.15) is 11.5 Å². The number of H-pyrrole nitrogens is 1. The molecule has 1 N–H and O–H groups in total. The number of piperazine rings is 1.